The summed E-state index contributed by atoms with van der Waals surface area (Å²) in [7, 11) is 1.77. The largest absolute Gasteiger partial charge is 0.481 e. The number of hydrogen-bond donors (Lipinski definition) is 4. The first-order chi connectivity index (χ1) is 11.6. The van der Waals surface area contributed by atoms with Crippen molar-refractivity contribution in [3.8, 4) is 11.1 Å². The quantitative estimate of drug-likeness (QED) is 0.561. The molecule has 0 aliphatic heterocycles. The van der Waals surface area contributed by atoms with Crippen molar-refractivity contribution in [3.05, 3.63) is 66.4 Å². The Bertz CT molecular complexity index is 740. The molecule has 0 atom stereocenters. The SMILES string of the molecule is CN/C=C\C(=N)c1cc(-c2ccccc2)ccc1NCCC(=O)O. The van der Waals surface area contributed by atoms with Crippen molar-refractivity contribution in [2.24, 2.45) is 0 Å². The van der Waals surface area contributed by atoms with E-state index in [-0.39, 0.29) is 6.42 Å². The number of anilines is 1. The second-order valence-corrected chi connectivity index (χ2v) is 5.23. The minimum absolute atomic E-state index is 0.0273. The van der Waals surface area contributed by atoms with Crippen LogP contribution in [0.25, 0.3) is 11.1 Å². The van der Waals surface area contributed by atoms with Gasteiger partial charge in [0.05, 0.1) is 12.1 Å². The van der Waals surface area contributed by atoms with Gasteiger partial charge in [-0.25, -0.2) is 0 Å². The van der Waals surface area contributed by atoms with Gasteiger partial charge in [0.2, 0.25) is 0 Å². The lowest BCUT2D eigenvalue weighted by Gasteiger charge is -2.13. The van der Waals surface area contributed by atoms with Crippen LogP contribution >= 0.6 is 0 Å². The molecule has 124 valence electrons. The smallest absolute Gasteiger partial charge is 0.305 e. The Labute approximate surface area is 141 Å². The molecule has 0 saturated heterocycles. The van der Waals surface area contributed by atoms with E-state index in [0.29, 0.717) is 12.3 Å². The topological polar surface area (TPSA) is 85.2 Å². The monoisotopic (exact) mass is 323 g/mol. The minimum atomic E-state index is -0.852. The molecule has 0 amide bonds. The first-order valence-electron chi connectivity index (χ1n) is 7.69. The molecule has 0 aliphatic carbocycles. The number of hydrogen-bond acceptors (Lipinski definition) is 4. The molecule has 5 heteroatoms. The number of carboxylic acids is 1. The van der Waals surface area contributed by atoms with Crippen LogP contribution in [0.1, 0.15) is 12.0 Å². The van der Waals surface area contributed by atoms with Gasteiger partial charge < -0.3 is 21.1 Å². The Morgan fingerprint density at radius 2 is 1.92 bits per heavy atom. The number of rotatable bonds is 8. The zero-order chi connectivity index (χ0) is 17.4. The summed E-state index contributed by atoms with van der Waals surface area (Å²) in [6.07, 6.45) is 3.39. The highest BCUT2D eigenvalue weighted by atomic mass is 16.4. The molecule has 0 heterocycles. The molecule has 0 saturated carbocycles. The lowest BCUT2D eigenvalue weighted by atomic mass is 9.99. The van der Waals surface area contributed by atoms with Gasteiger partial charge in [0, 0.05) is 24.8 Å². The third kappa shape index (κ3) is 4.71. The first-order valence-corrected chi connectivity index (χ1v) is 7.69. The molecular formula is C19H21N3O2. The van der Waals surface area contributed by atoms with Gasteiger partial charge in [-0.2, -0.15) is 0 Å². The standard InChI is InChI=1S/C19H21N3O2/c1-21-11-9-17(20)16-13-15(14-5-3-2-4-6-14)7-8-18(16)22-12-10-19(23)24/h2-9,11,13,20-22H,10,12H2,1H3,(H,23,24)/b11-9-,20-17?. The van der Waals surface area contributed by atoms with Crippen LogP contribution in [0, 0.1) is 5.41 Å². The highest BCUT2D eigenvalue weighted by molar-refractivity contribution is 6.10. The molecular weight excluding hydrogens is 302 g/mol. The van der Waals surface area contributed by atoms with E-state index < -0.39 is 5.97 Å². The molecule has 2 aromatic carbocycles. The van der Waals surface area contributed by atoms with E-state index in [1.807, 2.05) is 48.5 Å². The number of benzene rings is 2. The maximum absolute atomic E-state index is 10.7. The van der Waals surface area contributed by atoms with Crippen molar-refractivity contribution in [1.29, 1.82) is 5.41 Å². The van der Waals surface area contributed by atoms with Crippen LogP contribution in [-0.4, -0.2) is 30.4 Å². The molecule has 0 unspecified atom stereocenters. The summed E-state index contributed by atoms with van der Waals surface area (Å²) in [5.41, 5.74) is 3.91. The molecule has 0 fully saturated rings. The fraction of sp³-hybridized carbons (Fsp3) is 0.158. The van der Waals surface area contributed by atoms with E-state index in [9.17, 15) is 4.79 Å². The zero-order valence-corrected chi connectivity index (χ0v) is 13.5. The van der Waals surface area contributed by atoms with Gasteiger partial charge >= 0.3 is 5.97 Å². The van der Waals surface area contributed by atoms with Gasteiger partial charge in [-0.15, -0.1) is 0 Å². The van der Waals surface area contributed by atoms with Crippen LogP contribution in [-0.2, 0) is 4.79 Å². The van der Waals surface area contributed by atoms with Crippen LogP contribution in [0.5, 0.6) is 0 Å². The predicted molar refractivity (Wildman–Crippen MR) is 97.6 cm³/mol. The van der Waals surface area contributed by atoms with Crippen molar-refractivity contribution in [2.45, 2.75) is 6.42 Å². The van der Waals surface area contributed by atoms with Crippen LogP contribution in [0.2, 0.25) is 0 Å². The number of aliphatic carboxylic acids is 1. The molecule has 24 heavy (non-hydrogen) atoms. The van der Waals surface area contributed by atoms with Crippen molar-refractivity contribution >= 4 is 17.4 Å². The Morgan fingerprint density at radius 3 is 2.58 bits per heavy atom. The van der Waals surface area contributed by atoms with Crippen molar-refractivity contribution in [1.82, 2.24) is 5.32 Å². The summed E-state index contributed by atoms with van der Waals surface area (Å²) in [5, 5.41) is 23.0. The second-order valence-electron chi connectivity index (χ2n) is 5.23. The molecule has 0 bridgehead atoms. The van der Waals surface area contributed by atoms with Gasteiger partial charge in [0.15, 0.2) is 0 Å². The van der Waals surface area contributed by atoms with Crippen molar-refractivity contribution in [3.63, 3.8) is 0 Å². The zero-order valence-electron chi connectivity index (χ0n) is 13.5. The fourth-order valence-electron chi connectivity index (χ4n) is 2.29. The number of carbonyl (C=O) groups is 1. The summed E-state index contributed by atoms with van der Waals surface area (Å²) >= 11 is 0. The molecule has 4 N–H and O–H groups in total. The predicted octanol–water partition coefficient (Wildman–Crippen LogP) is 3.34. The summed E-state index contributed by atoms with van der Waals surface area (Å²) < 4.78 is 0. The highest BCUT2D eigenvalue weighted by Crippen LogP contribution is 2.26. The van der Waals surface area contributed by atoms with Crippen LogP contribution < -0.4 is 10.6 Å². The number of carboxylic acid groups (broad SMARTS) is 1. The summed E-state index contributed by atoms with van der Waals surface area (Å²) in [5.74, 6) is -0.852. The minimum Gasteiger partial charge on any atom is -0.481 e. The molecule has 0 spiro atoms. The van der Waals surface area contributed by atoms with Gasteiger partial charge in [-0.3, -0.25) is 4.79 Å². The van der Waals surface area contributed by atoms with E-state index >= 15 is 0 Å². The number of nitrogens with one attached hydrogen (secondary N) is 3. The first kappa shape index (κ1) is 17.3. The van der Waals surface area contributed by atoms with E-state index in [1.165, 1.54) is 0 Å². The normalized spacial score (nSPS) is 10.5. The Balaban J connectivity index is 2.34. The Morgan fingerprint density at radius 1 is 1.17 bits per heavy atom. The Kier molecular flexibility index (Phi) is 6.14. The fourth-order valence-corrected chi connectivity index (χ4v) is 2.29. The van der Waals surface area contributed by atoms with Crippen LogP contribution in [0.15, 0.2) is 60.8 Å². The third-order valence-electron chi connectivity index (χ3n) is 3.49. The van der Waals surface area contributed by atoms with Gasteiger partial charge in [-0.1, -0.05) is 36.4 Å². The van der Waals surface area contributed by atoms with Crippen LogP contribution in [0.4, 0.5) is 5.69 Å². The van der Waals surface area contributed by atoms with Crippen molar-refractivity contribution < 1.29 is 9.90 Å². The van der Waals surface area contributed by atoms with E-state index in [0.717, 1.165) is 22.4 Å². The average molecular weight is 323 g/mol. The number of allylic oxidation sites excluding steroid dienone is 1. The Hall–Kier alpha value is -3.08. The summed E-state index contributed by atoms with van der Waals surface area (Å²) in [4.78, 5) is 10.7. The lowest BCUT2D eigenvalue weighted by molar-refractivity contribution is -0.136. The highest BCUT2D eigenvalue weighted by Gasteiger charge is 2.09. The average Bonchev–Trinajstić information content (AvgIpc) is 2.60. The van der Waals surface area contributed by atoms with Gasteiger partial charge in [0.1, 0.15) is 0 Å². The van der Waals surface area contributed by atoms with Crippen LogP contribution in [0.3, 0.4) is 0 Å². The van der Waals surface area contributed by atoms with Crippen molar-refractivity contribution in [2.75, 3.05) is 18.9 Å². The van der Waals surface area contributed by atoms with E-state index in [2.05, 4.69) is 10.6 Å². The lowest BCUT2D eigenvalue weighted by Crippen LogP contribution is -2.11. The second kappa shape index (κ2) is 8.53. The molecule has 5 nitrogen and oxygen atoms in total. The maximum atomic E-state index is 10.7. The summed E-state index contributed by atoms with van der Waals surface area (Å²) in [6, 6.07) is 15.7. The summed E-state index contributed by atoms with van der Waals surface area (Å²) in [6.45, 7) is 0.316. The van der Waals surface area contributed by atoms with E-state index in [4.69, 9.17) is 10.5 Å². The van der Waals surface area contributed by atoms with Gasteiger partial charge in [-0.05, 0) is 35.5 Å². The van der Waals surface area contributed by atoms with Gasteiger partial charge in [0.25, 0.3) is 0 Å². The van der Waals surface area contributed by atoms with E-state index in [1.54, 1.807) is 19.3 Å². The molecule has 0 aliphatic rings. The molecule has 2 rings (SSSR count). The molecule has 0 aromatic heterocycles. The third-order valence-corrected chi connectivity index (χ3v) is 3.49. The molecule has 2 aromatic rings. The maximum Gasteiger partial charge on any atom is 0.305 e. The molecule has 0 radical (unpaired) electrons.